The van der Waals surface area contributed by atoms with Gasteiger partial charge in [0.1, 0.15) is 0 Å². The minimum Gasteiger partial charge on any atom is -0.372 e. The lowest BCUT2D eigenvalue weighted by molar-refractivity contribution is -0.137. The van der Waals surface area contributed by atoms with Gasteiger partial charge in [0.25, 0.3) is 0 Å². The van der Waals surface area contributed by atoms with Crippen LogP contribution >= 0.6 is 0 Å². The summed E-state index contributed by atoms with van der Waals surface area (Å²) in [7, 11) is 0. The van der Waals surface area contributed by atoms with Crippen molar-refractivity contribution < 1.29 is 17.9 Å². The van der Waals surface area contributed by atoms with Crippen molar-refractivity contribution in [1.29, 1.82) is 0 Å². The second-order valence-corrected chi connectivity index (χ2v) is 8.86. The number of aryl methyl sites for hydroxylation is 1. The molecule has 3 aromatic rings. The summed E-state index contributed by atoms with van der Waals surface area (Å²) in [6.45, 7) is 4.48. The lowest BCUT2D eigenvalue weighted by Gasteiger charge is -2.42. The van der Waals surface area contributed by atoms with E-state index in [-0.39, 0.29) is 6.04 Å². The van der Waals surface area contributed by atoms with Crippen LogP contribution in [0.1, 0.15) is 48.1 Å². The Morgan fingerprint density at radius 3 is 2.50 bits per heavy atom. The van der Waals surface area contributed by atoms with E-state index in [2.05, 4.69) is 32.7 Å². The Labute approximate surface area is 197 Å². The number of alkyl halides is 3. The first-order valence-electron chi connectivity index (χ1n) is 11.4. The second-order valence-electron chi connectivity index (χ2n) is 8.86. The van der Waals surface area contributed by atoms with Crippen molar-refractivity contribution in [3.8, 4) is 0 Å². The van der Waals surface area contributed by atoms with E-state index in [0.717, 1.165) is 24.5 Å². The predicted octanol–water partition coefficient (Wildman–Crippen LogP) is 5.64. The number of aromatic nitrogens is 2. The van der Waals surface area contributed by atoms with Gasteiger partial charge >= 0.3 is 6.18 Å². The Kier molecular flexibility index (Phi) is 7.19. The SMILES string of the molecule is Cc1cc(C(C)OC[C@@]2(c3ccccc3)CCC(Nc3ncccn3)CN2)cc(C(F)(F)F)c1. The molecule has 1 aliphatic rings. The molecule has 1 aliphatic heterocycles. The zero-order chi connectivity index (χ0) is 24.2. The van der Waals surface area contributed by atoms with Gasteiger partial charge in [0.05, 0.1) is 23.8 Å². The van der Waals surface area contributed by atoms with Crippen molar-refractivity contribution in [3.63, 3.8) is 0 Å². The lowest BCUT2D eigenvalue weighted by atomic mass is 9.81. The summed E-state index contributed by atoms with van der Waals surface area (Å²) in [5.41, 5.74) is 1.08. The number of halogens is 3. The number of hydrogen-bond donors (Lipinski definition) is 2. The van der Waals surface area contributed by atoms with E-state index in [0.29, 0.717) is 30.2 Å². The molecule has 1 saturated heterocycles. The molecule has 2 N–H and O–H groups in total. The molecule has 0 aliphatic carbocycles. The number of nitrogens with zero attached hydrogens (tertiary/aromatic N) is 2. The molecule has 180 valence electrons. The third kappa shape index (κ3) is 5.74. The molecule has 3 atom stereocenters. The first-order chi connectivity index (χ1) is 16.2. The molecule has 1 fully saturated rings. The number of nitrogens with one attached hydrogen (secondary N) is 2. The Balaban J connectivity index is 1.48. The standard InChI is InChI=1S/C26H29F3N4O/c1-18-13-20(15-22(14-18)26(27,28)29)19(2)34-17-25(21-7-4-3-5-8-21)10-9-23(16-32-25)33-24-30-11-6-12-31-24/h3-8,11-15,19,23,32H,9-10,16-17H2,1-2H3,(H,30,31,33)/t19?,23?,25-/m1/s1. The normalized spacial score (nSPS) is 21.7. The third-order valence-electron chi connectivity index (χ3n) is 6.31. The van der Waals surface area contributed by atoms with Crippen molar-refractivity contribution in [2.24, 2.45) is 0 Å². The van der Waals surface area contributed by atoms with Gasteiger partial charge in [0.2, 0.25) is 5.95 Å². The zero-order valence-corrected chi connectivity index (χ0v) is 19.3. The van der Waals surface area contributed by atoms with Gasteiger partial charge in [-0.25, -0.2) is 9.97 Å². The largest absolute Gasteiger partial charge is 0.416 e. The number of benzene rings is 2. The highest BCUT2D eigenvalue weighted by molar-refractivity contribution is 5.33. The lowest BCUT2D eigenvalue weighted by Crippen LogP contribution is -2.55. The summed E-state index contributed by atoms with van der Waals surface area (Å²) in [5, 5.41) is 7.01. The number of ether oxygens (including phenoxy) is 1. The van der Waals surface area contributed by atoms with Crippen molar-refractivity contribution in [3.05, 3.63) is 89.2 Å². The van der Waals surface area contributed by atoms with Crippen molar-refractivity contribution >= 4 is 5.95 Å². The van der Waals surface area contributed by atoms with E-state index in [1.807, 2.05) is 18.2 Å². The van der Waals surface area contributed by atoms with E-state index >= 15 is 0 Å². The highest BCUT2D eigenvalue weighted by Crippen LogP contribution is 2.35. The Hall–Kier alpha value is -2.97. The molecule has 2 unspecified atom stereocenters. The van der Waals surface area contributed by atoms with Crippen LogP contribution in [0.5, 0.6) is 0 Å². The number of piperidine rings is 1. The maximum atomic E-state index is 13.3. The van der Waals surface area contributed by atoms with Crippen LogP contribution in [0, 0.1) is 6.92 Å². The molecular weight excluding hydrogens is 441 g/mol. The van der Waals surface area contributed by atoms with Crippen LogP contribution in [0.15, 0.2) is 67.0 Å². The molecule has 0 saturated carbocycles. The van der Waals surface area contributed by atoms with E-state index < -0.39 is 23.4 Å². The summed E-state index contributed by atoms with van der Waals surface area (Å²) >= 11 is 0. The molecule has 0 bridgehead atoms. The zero-order valence-electron chi connectivity index (χ0n) is 19.3. The molecule has 0 amide bonds. The fraction of sp³-hybridized carbons (Fsp3) is 0.385. The van der Waals surface area contributed by atoms with Gasteiger partial charge in [-0.1, -0.05) is 42.0 Å². The number of rotatable bonds is 7. The van der Waals surface area contributed by atoms with Crippen LogP contribution in [-0.4, -0.2) is 29.2 Å². The van der Waals surface area contributed by atoms with E-state index in [1.54, 1.807) is 38.4 Å². The van der Waals surface area contributed by atoms with Gasteiger partial charge in [0.15, 0.2) is 0 Å². The average molecular weight is 471 g/mol. The Morgan fingerprint density at radius 1 is 1.12 bits per heavy atom. The summed E-state index contributed by atoms with van der Waals surface area (Å²) < 4.78 is 46.1. The van der Waals surface area contributed by atoms with E-state index in [1.165, 1.54) is 6.07 Å². The topological polar surface area (TPSA) is 59.1 Å². The fourth-order valence-corrected chi connectivity index (χ4v) is 4.39. The Morgan fingerprint density at radius 2 is 1.85 bits per heavy atom. The monoisotopic (exact) mass is 470 g/mol. The summed E-state index contributed by atoms with van der Waals surface area (Å²) in [4.78, 5) is 8.47. The molecule has 34 heavy (non-hydrogen) atoms. The number of anilines is 1. The maximum Gasteiger partial charge on any atom is 0.416 e. The molecule has 2 aromatic carbocycles. The highest BCUT2D eigenvalue weighted by atomic mass is 19.4. The molecule has 8 heteroatoms. The van der Waals surface area contributed by atoms with Crippen molar-refractivity contribution in [2.45, 2.75) is 50.6 Å². The predicted molar refractivity (Wildman–Crippen MR) is 125 cm³/mol. The van der Waals surface area contributed by atoms with Gasteiger partial charge in [-0.2, -0.15) is 13.2 Å². The van der Waals surface area contributed by atoms with Crippen LogP contribution in [0.25, 0.3) is 0 Å². The van der Waals surface area contributed by atoms with Crippen molar-refractivity contribution in [2.75, 3.05) is 18.5 Å². The van der Waals surface area contributed by atoms with Gasteiger partial charge < -0.3 is 15.4 Å². The fourth-order valence-electron chi connectivity index (χ4n) is 4.39. The summed E-state index contributed by atoms with van der Waals surface area (Å²) in [6.07, 6.45) is 0.171. The number of hydrogen-bond acceptors (Lipinski definition) is 5. The molecule has 0 spiro atoms. The third-order valence-corrected chi connectivity index (χ3v) is 6.31. The highest BCUT2D eigenvalue weighted by Gasteiger charge is 2.38. The van der Waals surface area contributed by atoms with Crippen LogP contribution in [-0.2, 0) is 16.5 Å². The van der Waals surface area contributed by atoms with Crippen LogP contribution in [0.3, 0.4) is 0 Å². The first kappa shape index (κ1) is 24.2. The molecule has 2 heterocycles. The van der Waals surface area contributed by atoms with Crippen LogP contribution < -0.4 is 10.6 Å². The molecule has 4 rings (SSSR count). The second kappa shape index (κ2) is 10.1. The van der Waals surface area contributed by atoms with Gasteiger partial charge in [-0.3, -0.25) is 0 Å². The van der Waals surface area contributed by atoms with Gasteiger partial charge in [-0.15, -0.1) is 0 Å². The smallest absolute Gasteiger partial charge is 0.372 e. The van der Waals surface area contributed by atoms with E-state index in [4.69, 9.17) is 4.74 Å². The average Bonchev–Trinajstić information content (AvgIpc) is 2.84. The maximum absolute atomic E-state index is 13.3. The van der Waals surface area contributed by atoms with Gasteiger partial charge in [0, 0.05) is 25.0 Å². The minimum absolute atomic E-state index is 0.155. The Bertz CT molecular complexity index is 1070. The van der Waals surface area contributed by atoms with E-state index in [9.17, 15) is 13.2 Å². The van der Waals surface area contributed by atoms with Crippen LogP contribution in [0.2, 0.25) is 0 Å². The summed E-state index contributed by atoms with van der Waals surface area (Å²) in [6, 6.07) is 16.1. The minimum atomic E-state index is -4.39. The van der Waals surface area contributed by atoms with Crippen molar-refractivity contribution in [1.82, 2.24) is 15.3 Å². The molecule has 1 aromatic heterocycles. The molecule has 5 nitrogen and oxygen atoms in total. The molecular formula is C26H29F3N4O. The van der Waals surface area contributed by atoms with Gasteiger partial charge in [-0.05, 0) is 56.0 Å². The molecule has 0 radical (unpaired) electrons. The summed E-state index contributed by atoms with van der Waals surface area (Å²) in [5.74, 6) is 0.589. The quantitative estimate of drug-likeness (QED) is 0.468. The first-order valence-corrected chi connectivity index (χ1v) is 11.4. The van der Waals surface area contributed by atoms with Crippen LogP contribution in [0.4, 0.5) is 19.1 Å².